The zero-order valence-corrected chi connectivity index (χ0v) is 6.91. The van der Waals surface area contributed by atoms with Crippen molar-refractivity contribution in [2.75, 3.05) is 5.73 Å². The Morgan fingerprint density at radius 2 is 1.54 bits per heavy atom. The van der Waals surface area contributed by atoms with E-state index in [1.54, 1.807) is 43.0 Å². The summed E-state index contributed by atoms with van der Waals surface area (Å²) in [6, 6.07) is 5.22. The summed E-state index contributed by atoms with van der Waals surface area (Å²) in [7, 11) is 0. The quantitative estimate of drug-likeness (QED) is 0.632. The minimum Gasteiger partial charge on any atom is -0.399 e. The highest BCUT2D eigenvalue weighted by atomic mass is 15.3. The number of nitrogen functional groups attached to an aromatic ring is 1. The van der Waals surface area contributed by atoms with Crippen LogP contribution in [0.5, 0.6) is 0 Å². The maximum atomic E-state index is 5.32. The number of pyridine rings is 1. The molecule has 2 aromatic heterocycles. The van der Waals surface area contributed by atoms with Gasteiger partial charge in [-0.25, -0.2) is 0 Å². The molecule has 0 radical (unpaired) electrons. The van der Waals surface area contributed by atoms with Crippen molar-refractivity contribution in [3.63, 3.8) is 0 Å². The van der Waals surface area contributed by atoms with Crippen LogP contribution in [-0.4, -0.2) is 20.4 Å². The largest absolute Gasteiger partial charge is 0.399 e. The minimum atomic E-state index is 0.759. The molecule has 0 atom stereocenters. The number of hydrogen-bond acceptors (Lipinski definition) is 5. The summed E-state index contributed by atoms with van der Waals surface area (Å²) in [4.78, 5) is 3.77. The summed E-state index contributed by atoms with van der Waals surface area (Å²) >= 11 is 0. The van der Waals surface area contributed by atoms with Gasteiger partial charge in [0, 0.05) is 18.1 Å². The summed E-state index contributed by atoms with van der Waals surface area (Å²) in [5, 5.41) is 10.1. The van der Waals surface area contributed by atoms with Crippen LogP contribution >= 0.6 is 0 Å². The Bertz CT molecular complexity index is 283. The molecular weight excluding hydrogens is 166 g/mol. The van der Waals surface area contributed by atoms with Gasteiger partial charge in [0.15, 0.2) is 0 Å². The van der Waals surface area contributed by atoms with Crippen LogP contribution < -0.4 is 5.73 Å². The second-order valence-corrected chi connectivity index (χ2v) is 2.09. The van der Waals surface area contributed by atoms with Gasteiger partial charge in [-0.2, -0.15) is 0 Å². The third kappa shape index (κ3) is 4.41. The Labute approximate surface area is 75.6 Å². The topological polar surface area (TPSA) is 77.6 Å². The third-order valence-corrected chi connectivity index (χ3v) is 1.11. The van der Waals surface area contributed by atoms with E-state index in [1.807, 2.05) is 0 Å². The predicted molar refractivity (Wildman–Crippen MR) is 48.5 cm³/mol. The Morgan fingerprint density at radius 1 is 0.923 bits per heavy atom. The van der Waals surface area contributed by atoms with Crippen molar-refractivity contribution in [2.45, 2.75) is 0 Å². The molecule has 2 N–H and O–H groups in total. The van der Waals surface area contributed by atoms with Crippen molar-refractivity contribution < 1.29 is 0 Å². The lowest BCUT2D eigenvalue weighted by Crippen LogP contribution is -1.81. The Kier molecular flexibility index (Phi) is 3.89. The summed E-state index contributed by atoms with van der Waals surface area (Å²) in [6.45, 7) is 0. The van der Waals surface area contributed by atoms with E-state index in [1.165, 1.54) is 0 Å². The van der Waals surface area contributed by atoms with Gasteiger partial charge < -0.3 is 5.73 Å². The van der Waals surface area contributed by atoms with Crippen molar-refractivity contribution in [3.05, 3.63) is 43.0 Å². The average molecular weight is 175 g/mol. The molecule has 0 aromatic carbocycles. The first-order valence-corrected chi connectivity index (χ1v) is 3.63. The van der Waals surface area contributed by atoms with E-state index in [0.717, 1.165) is 5.69 Å². The zero-order chi connectivity index (χ0) is 9.36. The first-order chi connectivity index (χ1) is 6.39. The second-order valence-electron chi connectivity index (χ2n) is 2.09. The van der Waals surface area contributed by atoms with Gasteiger partial charge >= 0.3 is 0 Å². The summed E-state index contributed by atoms with van der Waals surface area (Å²) in [5.41, 5.74) is 6.08. The van der Waals surface area contributed by atoms with Crippen LogP contribution in [-0.2, 0) is 0 Å². The molecule has 2 rings (SSSR count). The fourth-order valence-electron chi connectivity index (χ4n) is 0.568. The van der Waals surface area contributed by atoms with Gasteiger partial charge in [0.2, 0.25) is 0 Å². The molecule has 0 bridgehead atoms. The smallest absolute Gasteiger partial charge is 0.0529 e. The van der Waals surface area contributed by atoms with E-state index in [-0.39, 0.29) is 0 Å². The molecule has 0 amide bonds. The molecule has 0 spiro atoms. The molecule has 0 saturated carbocycles. The average Bonchev–Trinajstić information content (AvgIpc) is 2.22. The van der Waals surface area contributed by atoms with Crippen molar-refractivity contribution in [1.82, 2.24) is 20.4 Å². The molecule has 0 aliphatic heterocycles. The summed E-state index contributed by atoms with van der Waals surface area (Å²) < 4.78 is 0. The summed E-state index contributed by atoms with van der Waals surface area (Å²) in [5.74, 6) is 0. The number of hydrogen-bond donors (Lipinski definition) is 1. The first kappa shape index (κ1) is 9.05. The molecule has 0 aliphatic carbocycles. The van der Waals surface area contributed by atoms with Gasteiger partial charge in [0.1, 0.15) is 0 Å². The highest BCUT2D eigenvalue weighted by Gasteiger charge is 1.73. The van der Waals surface area contributed by atoms with Crippen LogP contribution in [0.15, 0.2) is 43.0 Å². The predicted octanol–water partition coefficient (Wildman–Crippen LogP) is 0.535. The van der Waals surface area contributed by atoms with Crippen LogP contribution in [0.1, 0.15) is 0 Å². The molecule has 0 saturated heterocycles. The van der Waals surface area contributed by atoms with E-state index < -0.39 is 0 Å². The van der Waals surface area contributed by atoms with Crippen molar-refractivity contribution >= 4 is 5.69 Å². The van der Waals surface area contributed by atoms with Crippen molar-refractivity contribution in [3.8, 4) is 0 Å². The van der Waals surface area contributed by atoms with Crippen LogP contribution in [0.3, 0.4) is 0 Å². The first-order valence-electron chi connectivity index (χ1n) is 3.63. The number of nitrogens with zero attached hydrogens (tertiary/aromatic N) is 4. The van der Waals surface area contributed by atoms with E-state index in [9.17, 15) is 0 Å². The van der Waals surface area contributed by atoms with Gasteiger partial charge in [-0.05, 0) is 23.4 Å². The molecule has 13 heavy (non-hydrogen) atoms. The van der Waals surface area contributed by atoms with Crippen LogP contribution in [0.4, 0.5) is 5.69 Å². The number of aromatic nitrogens is 4. The molecule has 0 fully saturated rings. The Balaban J connectivity index is 0.000000132. The number of nitrogens with two attached hydrogens (primary N) is 1. The molecule has 2 heterocycles. The molecule has 66 valence electrons. The Morgan fingerprint density at radius 3 is 1.77 bits per heavy atom. The zero-order valence-electron chi connectivity index (χ0n) is 6.91. The highest BCUT2D eigenvalue weighted by Crippen LogP contribution is 1.92. The fraction of sp³-hybridized carbons (Fsp3) is 0. The number of rotatable bonds is 0. The monoisotopic (exact) mass is 175 g/mol. The van der Waals surface area contributed by atoms with Gasteiger partial charge in [0.05, 0.1) is 12.4 Å². The van der Waals surface area contributed by atoms with E-state index in [2.05, 4.69) is 20.4 Å². The normalized spacial score (nSPS) is 8.31. The van der Waals surface area contributed by atoms with Gasteiger partial charge in [-0.1, -0.05) is 0 Å². The van der Waals surface area contributed by atoms with Crippen LogP contribution in [0.25, 0.3) is 0 Å². The lowest BCUT2D eigenvalue weighted by atomic mass is 10.4. The lowest BCUT2D eigenvalue weighted by Gasteiger charge is -1.83. The SMILES string of the molecule is Nc1ccncc1.c1cnnnc1. The van der Waals surface area contributed by atoms with Crippen molar-refractivity contribution in [1.29, 1.82) is 0 Å². The third-order valence-electron chi connectivity index (χ3n) is 1.11. The molecule has 0 aliphatic rings. The molecule has 5 heteroatoms. The molecule has 5 nitrogen and oxygen atoms in total. The van der Waals surface area contributed by atoms with Gasteiger partial charge in [-0.3, -0.25) is 4.98 Å². The van der Waals surface area contributed by atoms with Crippen LogP contribution in [0.2, 0.25) is 0 Å². The second kappa shape index (κ2) is 5.59. The van der Waals surface area contributed by atoms with E-state index in [4.69, 9.17) is 5.73 Å². The highest BCUT2D eigenvalue weighted by molar-refractivity contribution is 5.33. The molecule has 0 unspecified atom stereocenters. The van der Waals surface area contributed by atoms with Crippen LogP contribution in [0, 0.1) is 0 Å². The molecule has 2 aromatic rings. The maximum absolute atomic E-state index is 5.32. The van der Waals surface area contributed by atoms with E-state index in [0.29, 0.717) is 0 Å². The molecular formula is C8H9N5. The van der Waals surface area contributed by atoms with Gasteiger partial charge in [-0.15, -0.1) is 10.2 Å². The number of anilines is 1. The summed E-state index contributed by atoms with van der Waals surface area (Å²) in [6.07, 6.45) is 6.48. The standard InChI is InChI=1S/C5H6N2.C3H3N3/c6-5-1-3-7-4-2-5;1-2-4-6-5-3-1/h1-4H,(H2,6,7);1-3H. The Hall–Kier alpha value is -2.04. The fourth-order valence-corrected chi connectivity index (χ4v) is 0.568. The van der Waals surface area contributed by atoms with Crippen molar-refractivity contribution in [2.24, 2.45) is 0 Å². The lowest BCUT2D eigenvalue weighted by molar-refractivity contribution is 0.865. The van der Waals surface area contributed by atoms with Gasteiger partial charge in [0.25, 0.3) is 0 Å². The minimum absolute atomic E-state index is 0.759. The maximum Gasteiger partial charge on any atom is 0.0529 e. The van der Waals surface area contributed by atoms with E-state index >= 15 is 0 Å².